The molecule has 0 bridgehead atoms. The van der Waals surface area contributed by atoms with Crippen LogP contribution in [0.3, 0.4) is 0 Å². The first-order chi connectivity index (χ1) is 10.8. The van der Waals surface area contributed by atoms with Crippen molar-refractivity contribution in [2.45, 2.75) is 45.3 Å². The number of aliphatic imine (C=N–C) groups is 1. The summed E-state index contributed by atoms with van der Waals surface area (Å²) in [6.07, 6.45) is 3.72. The fraction of sp³-hybridized carbons (Fsp3) is 0.533. The molecule has 0 atom stereocenters. The molecule has 0 spiro atoms. The Bertz CT molecular complexity index is 644. The van der Waals surface area contributed by atoms with E-state index in [1.807, 2.05) is 20.8 Å². The number of carbonyl (C=O) groups is 2. The Morgan fingerprint density at radius 2 is 2.22 bits per heavy atom. The normalized spacial score (nSPS) is 20.8. The summed E-state index contributed by atoms with van der Waals surface area (Å²) in [5.41, 5.74) is 2.95. The van der Waals surface area contributed by atoms with Crippen molar-refractivity contribution >= 4 is 29.2 Å². The van der Waals surface area contributed by atoms with Crippen molar-refractivity contribution in [2.24, 2.45) is 4.99 Å². The number of hydrogen-bond acceptors (Lipinski definition) is 6. The van der Waals surface area contributed by atoms with Gasteiger partial charge in [-0.3, -0.25) is 9.69 Å². The molecule has 8 heteroatoms. The first-order valence-corrected chi connectivity index (χ1v) is 7.88. The number of halogens is 1. The van der Waals surface area contributed by atoms with Crippen LogP contribution in [0.5, 0.6) is 0 Å². The van der Waals surface area contributed by atoms with Crippen molar-refractivity contribution in [3.8, 4) is 0 Å². The predicted octanol–water partition coefficient (Wildman–Crippen LogP) is 2.11. The lowest BCUT2D eigenvalue weighted by molar-refractivity contribution is -0.104. The highest BCUT2D eigenvalue weighted by Gasteiger charge is 2.42. The number of rotatable bonds is 3. The van der Waals surface area contributed by atoms with Gasteiger partial charge in [0.25, 0.3) is 0 Å². The SMILES string of the molecule is CC(C)(C)OC(=O)N(C1=CC(Cl)=NC2=C(C=O)CNN12)C1CC1. The van der Waals surface area contributed by atoms with Crippen LogP contribution in [0.1, 0.15) is 33.6 Å². The van der Waals surface area contributed by atoms with Gasteiger partial charge in [-0.15, -0.1) is 0 Å². The van der Waals surface area contributed by atoms with E-state index in [-0.39, 0.29) is 11.2 Å². The van der Waals surface area contributed by atoms with Crippen LogP contribution in [0, 0.1) is 0 Å². The largest absolute Gasteiger partial charge is 0.443 e. The van der Waals surface area contributed by atoms with E-state index in [9.17, 15) is 9.59 Å². The topological polar surface area (TPSA) is 74.2 Å². The Morgan fingerprint density at radius 1 is 1.52 bits per heavy atom. The van der Waals surface area contributed by atoms with Crippen molar-refractivity contribution in [2.75, 3.05) is 6.54 Å². The minimum absolute atomic E-state index is 0.0713. The van der Waals surface area contributed by atoms with E-state index in [4.69, 9.17) is 16.3 Å². The van der Waals surface area contributed by atoms with Crippen LogP contribution in [0.25, 0.3) is 0 Å². The van der Waals surface area contributed by atoms with Crippen molar-refractivity contribution in [1.29, 1.82) is 0 Å². The summed E-state index contributed by atoms with van der Waals surface area (Å²) < 4.78 is 5.51. The van der Waals surface area contributed by atoms with Crippen molar-refractivity contribution < 1.29 is 14.3 Å². The molecular weight excluding hydrogens is 320 g/mol. The molecule has 1 saturated carbocycles. The molecule has 1 amide bonds. The molecule has 7 nitrogen and oxygen atoms in total. The maximum atomic E-state index is 12.6. The zero-order valence-electron chi connectivity index (χ0n) is 13.3. The Morgan fingerprint density at radius 3 is 2.78 bits per heavy atom. The van der Waals surface area contributed by atoms with E-state index >= 15 is 0 Å². The Balaban J connectivity index is 1.94. The Labute approximate surface area is 139 Å². The highest BCUT2D eigenvalue weighted by Crippen LogP contribution is 2.36. The molecule has 0 aromatic carbocycles. The number of nitrogens with zero attached hydrogens (tertiary/aromatic N) is 3. The second-order valence-electron chi connectivity index (χ2n) is 6.66. The minimum Gasteiger partial charge on any atom is -0.443 e. The quantitative estimate of drug-likeness (QED) is 0.798. The molecule has 23 heavy (non-hydrogen) atoms. The number of aldehydes is 1. The van der Waals surface area contributed by atoms with Crippen LogP contribution in [0.15, 0.2) is 28.3 Å². The zero-order chi connectivity index (χ0) is 16.8. The van der Waals surface area contributed by atoms with Crippen LogP contribution in [0.2, 0.25) is 0 Å². The molecule has 0 aromatic rings. The van der Waals surface area contributed by atoms with Gasteiger partial charge in [0.1, 0.15) is 16.6 Å². The molecule has 2 heterocycles. The maximum absolute atomic E-state index is 12.6. The summed E-state index contributed by atoms with van der Waals surface area (Å²) in [6.45, 7) is 5.81. The summed E-state index contributed by atoms with van der Waals surface area (Å²) in [6, 6.07) is 0.0713. The second-order valence-corrected chi connectivity index (χ2v) is 7.04. The average Bonchev–Trinajstić information content (AvgIpc) is 3.16. The number of hydrazine groups is 1. The average molecular weight is 339 g/mol. The third-order valence-electron chi connectivity index (χ3n) is 3.51. The van der Waals surface area contributed by atoms with E-state index in [1.165, 1.54) is 0 Å². The summed E-state index contributed by atoms with van der Waals surface area (Å²) in [4.78, 5) is 29.5. The van der Waals surface area contributed by atoms with Crippen LogP contribution >= 0.6 is 11.6 Å². The smallest absolute Gasteiger partial charge is 0.416 e. The molecule has 0 aromatic heterocycles. The fourth-order valence-electron chi connectivity index (χ4n) is 2.42. The van der Waals surface area contributed by atoms with Gasteiger partial charge in [-0.25, -0.2) is 20.2 Å². The van der Waals surface area contributed by atoms with E-state index in [0.29, 0.717) is 23.8 Å². The molecule has 124 valence electrons. The first kappa shape index (κ1) is 16.0. The van der Waals surface area contributed by atoms with Gasteiger partial charge < -0.3 is 4.74 Å². The number of carbonyl (C=O) groups excluding carboxylic acids is 2. The summed E-state index contributed by atoms with van der Waals surface area (Å²) in [7, 11) is 0. The highest BCUT2D eigenvalue weighted by atomic mass is 35.5. The molecule has 2 aliphatic heterocycles. The minimum atomic E-state index is -0.595. The summed E-state index contributed by atoms with van der Waals surface area (Å²) in [5, 5.41) is 1.85. The molecular formula is C15H19ClN4O3. The van der Waals surface area contributed by atoms with Gasteiger partial charge in [0.2, 0.25) is 0 Å². The standard InChI is InChI=1S/C15H19ClN4O3/c1-15(2,3)23-14(22)19(10-4-5-10)12-6-11(16)18-13-9(8-21)7-17-20(12)13/h6,8,10,17H,4-5,7H2,1-3H3. The maximum Gasteiger partial charge on any atom is 0.416 e. The van der Waals surface area contributed by atoms with Gasteiger partial charge in [0.15, 0.2) is 12.1 Å². The van der Waals surface area contributed by atoms with E-state index in [0.717, 1.165) is 19.1 Å². The number of amides is 1. The van der Waals surface area contributed by atoms with Gasteiger partial charge in [-0.1, -0.05) is 11.6 Å². The third kappa shape index (κ3) is 3.25. The zero-order valence-corrected chi connectivity index (χ0v) is 14.1. The van der Waals surface area contributed by atoms with Crippen molar-refractivity contribution in [1.82, 2.24) is 15.3 Å². The fourth-order valence-corrected chi connectivity index (χ4v) is 2.60. The molecule has 3 rings (SSSR count). The van der Waals surface area contributed by atoms with Crippen LogP contribution in [-0.4, -0.2) is 45.6 Å². The second kappa shape index (κ2) is 5.65. The van der Waals surface area contributed by atoms with Crippen molar-refractivity contribution in [3.63, 3.8) is 0 Å². The number of nitrogens with one attached hydrogen (secondary N) is 1. The Hall–Kier alpha value is -1.86. The number of fused-ring (bicyclic) bond motifs is 1. The Kier molecular flexibility index (Phi) is 3.93. The molecule has 0 radical (unpaired) electrons. The summed E-state index contributed by atoms with van der Waals surface area (Å²) in [5.74, 6) is 0.963. The number of allylic oxidation sites excluding steroid dienone is 1. The van der Waals surface area contributed by atoms with Crippen LogP contribution in [0.4, 0.5) is 4.79 Å². The van der Waals surface area contributed by atoms with Gasteiger partial charge >= 0.3 is 6.09 Å². The molecule has 1 aliphatic carbocycles. The first-order valence-electron chi connectivity index (χ1n) is 7.50. The van der Waals surface area contributed by atoms with E-state index in [1.54, 1.807) is 16.0 Å². The van der Waals surface area contributed by atoms with Crippen molar-refractivity contribution in [3.05, 3.63) is 23.3 Å². The lowest BCUT2D eigenvalue weighted by Crippen LogP contribution is -2.46. The molecule has 0 saturated heterocycles. The van der Waals surface area contributed by atoms with E-state index < -0.39 is 11.7 Å². The van der Waals surface area contributed by atoms with Gasteiger partial charge in [-0.05, 0) is 33.6 Å². The predicted molar refractivity (Wildman–Crippen MR) is 85.4 cm³/mol. The lowest BCUT2D eigenvalue weighted by Gasteiger charge is -2.35. The summed E-state index contributed by atoms with van der Waals surface area (Å²) >= 11 is 6.10. The highest BCUT2D eigenvalue weighted by molar-refractivity contribution is 6.68. The molecule has 3 aliphatic rings. The van der Waals surface area contributed by atoms with Gasteiger partial charge in [-0.2, -0.15) is 0 Å². The number of hydrogen-bond donors (Lipinski definition) is 1. The third-order valence-corrected chi connectivity index (χ3v) is 3.70. The van der Waals surface area contributed by atoms with Gasteiger partial charge in [0.05, 0.1) is 5.57 Å². The van der Waals surface area contributed by atoms with E-state index in [2.05, 4.69) is 10.4 Å². The lowest BCUT2D eigenvalue weighted by atomic mass is 10.2. The molecule has 1 fully saturated rings. The van der Waals surface area contributed by atoms with Crippen LogP contribution in [-0.2, 0) is 9.53 Å². The molecule has 0 unspecified atom stereocenters. The van der Waals surface area contributed by atoms with Crippen LogP contribution < -0.4 is 5.43 Å². The molecule has 1 N–H and O–H groups in total. The monoisotopic (exact) mass is 338 g/mol. The number of ether oxygens (including phenoxy) is 1. The van der Waals surface area contributed by atoms with Gasteiger partial charge in [0, 0.05) is 18.7 Å².